The molecule has 0 fully saturated rings. The molecule has 48 heavy (non-hydrogen) atoms. The largest absolute Gasteiger partial charge is 0.465 e. The fourth-order valence-electron chi connectivity index (χ4n) is 5.67. The average Bonchev–Trinajstić information content (AvgIpc) is 3.35. The predicted octanol–water partition coefficient (Wildman–Crippen LogP) is 6.30. The van der Waals surface area contributed by atoms with Crippen LogP contribution in [0.5, 0.6) is 0 Å². The molecule has 4 aromatic rings. The molecule has 2 aliphatic heterocycles. The Hall–Kier alpha value is -5.29. The Morgan fingerprint density at radius 1 is 0.938 bits per heavy atom. The van der Waals surface area contributed by atoms with E-state index in [0.29, 0.717) is 33.9 Å². The van der Waals surface area contributed by atoms with Crippen LogP contribution in [0.1, 0.15) is 65.7 Å². The number of fused-ring (bicyclic) bond motifs is 1. The van der Waals surface area contributed by atoms with E-state index < -0.39 is 30.0 Å². The van der Waals surface area contributed by atoms with Gasteiger partial charge in [-0.3, -0.25) is 14.4 Å². The highest BCUT2D eigenvalue weighted by Crippen LogP contribution is 2.35. The molecule has 2 unspecified atom stereocenters. The molecule has 0 aliphatic carbocycles. The lowest BCUT2D eigenvalue weighted by Crippen LogP contribution is -2.30. The van der Waals surface area contributed by atoms with Gasteiger partial charge in [0.25, 0.3) is 17.7 Å². The monoisotopic (exact) mass is 666 g/mol. The molecule has 0 saturated heterocycles. The van der Waals surface area contributed by atoms with Gasteiger partial charge < -0.3 is 24.6 Å². The Kier molecular flexibility index (Phi) is 9.40. The Balaban J connectivity index is 1.21. The van der Waals surface area contributed by atoms with Crippen LogP contribution in [0.4, 0.5) is 11.4 Å². The number of ether oxygens (including phenoxy) is 3. The molecule has 2 atom stereocenters. The topological polar surface area (TPSA) is 131 Å². The maximum atomic E-state index is 13.6. The number of carbonyl (C=O) groups excluding carboxylic acids is 4. The summed E-state index contributed by atoms with van der Waals surface area (Å²) < 4.78 is 16.9. The van der Waals surface area contributed by atoms with E-state index in [-0.39, 0.29) is 36.0 Å². The van der Waals surface area contributed by atoms with Gasteiger partial charge in [0.15, 0.2) is 5.76 Å². The van der Waals surface area contributed by atoms with Crippen molar-refractivity contribution in [3.05, 3.63) is 141 Å². The van der Waals surface area contributed by atoms with Gasteiger partial charge in [-0.2, -0.15) is 0 Å². The van der Waals surface area contributed by atoms with Gasteiger partial charge >= 0.3 is 5.97 Å². The number of carbonyl (C=O) groups is 4. The molecule has 0 bridgehead atoms. The summed E-state index contributed by atoms with van der Waals surface area (Å²) in [5.41, 5.74) is 4.81. The minimum atomic E-state index is -0.773. The van der Waals surface area contributed by atoms with Crippen LogP contribution < -0.4 is 10.2 Å². The quantitative estimate of drug-likeness (QED) is 0.157. The van der Waals surface area contributed by atoms with Gasteiger partial charge in [-0.05, 0) is 83.8 Å². The molecule has 2 heterocycles. The molecular weight excluding hydrogens is 636 g/mol. The van der Waals surface area contributed by atoms with Crippen molar-refractivity contribution < 1.29 is 38.5 Å². The van der Waals surface area contributed by atoms with E-state index in [0.717, 1.165) is 21.6 Å². The molecule has 0 saturated carbocycles. The van der Waals surface area contributed by atoms with Crippen LogP contribution in [0.15, 0.2) is 96.8 Å². The predicted molar refractivity (Wildman–Crippen MR) is 178 cm³/mol. The first-order valence-corrected chi connectivity index (χ1v) is 15.5. The van der Waals surface area contributed by atoms with Gasteiger partial charge in [-0.15, -0.1) is 0 Å². The van der Waals surface area contributed by atoms with Crippen molar-refractivity contribution in [3.8, 4) is 0 Å². The van der Waals surface area contributed by atoms with Crippen molar-refractivity contribution in [2.24, 2.45) is 0 Å². The Morgan fingerprint density at radius 3 is 2.33 bits per heavy atom. The normalized spacial score (nSPS) is 17.0. The Bertz CT molecular complexity index is 1940. The number of hydrogen-bond donors (Lipinski definition) is 2. The maximum Gasteiger partial charge on any atom is 0.337 e. The maximum absolute atomic E-state index is 13.6. The molecule has 11 heteroatoms. The van der Waals surface area contributed by atoms with Gasteiger partial charge in [-0.1, -0.05) is 48.0 Å². The number of allylic oxidation sites excluding steroid dienone is 1. The van der Waals surface area contributed by atoms with E-state index in [9.17, 15) is 24.3 Å². The first kappa shape index (κ1) is 32.6. The highest BCUT2D eigenvalue weighted by molar-refractivity contribution is 6.37. The lowest BCUT2D eigenvalue weighted by atomic mass is 9.92. The van der Waals surface area contributed by atoms with Gasteiger partial charge in [0.05, 0.1) is 42.7 Å². The molecule has 6 rings (SSSR count). The Morgan fingerprint density at radius 2 is 1.65 bits per heavy atom. The van der Waals surface area contributed by atoms with Crippen molar-refractivity contribution in [3.63, 3.8) is 0 Å². The number of aliphatic hydroxyl groups excluding tert-OH is 1. The fourth-order valence-corrected chi connectivity index (χ4v) is 5.85. The SMILES string of the molecule is COC(=O)c1ccc(C2C=C(C(=O)Nc3ccc(N4C(=O)c5ccc(Cl)cc5C4=O)c(C)c3)OC(OCc3ccc(CO)cc3)C2)cc1. The van der Waals surface area contributed by atoms with E-state index >= 15 is 0 Å². The van der Waals surface area contributed by atoms with Crippen LogP contribution in [-0.2, 0) is 32.2 Å². The number of esters is 1. The van der Waals surface area contributed by atoms with E-state index in [1.54, 1.807) is 61.5 Å². The number of aliphatic hydroxyl groups is 1. The number of imide groups is 1. The Labute approximate surface area is 281 Å². The van der Waals surface area contributed by atoms with Crippen molar-refractivity contribution in [1.29, 1.82) is 0 Å². The number of amides is 3. The van der Waals surface area contributed by atoms with Crippen molar-refractivity contribution in [2.45, 2.75) is 38.8 Å². The van der Waals surface area contributed by atoms with Gasteiger partial charge in [0, 0.05) is 23.0 Å². The van der Waals surface area contributed by atoms with Gasteiger partial charge in [-0.25, -0.2) is 9.69 Å². The standard InChI is InChI=1S/C37H31ClN2O8/c1-21-15-28(12-14-31(21)40-35(43)29-13-11-27(38)18-30(29)36(40)44)39-34(42)32-16-26(24-7-9-25(10-8-24)37(45)46-2)17-33(48-32)47-20-23-5-3-22(19-41)4-6-23/h3-16,18,26,33,41H,17,19-20H2,1-2H3,(H,39,42). The van der Waals surface area contributed by atoms with Crippen molar-refractivity contribution in [2.75, 3.05) is 17.3 Å². The minimum absolute atomic E-state index is 0.0443. The van der Waals surface area contributed by atoms with Crippen LogP contribution in [-0.4, -0.2) is 42.2 Å². The highest BCUT2D eigenvalue weighted by Gasteiger charge is 2.37. The van der Waals surface area contributed by atoms with Crippen molar-refractivity contribution >= 4 is 46.7 Å². The first-order chi connectivity index (χ1) is 23.1. The number of hydrogen-bond acceptors (Lipinski definition) is 8. The number of nitrogens with one attached hydrogen (secondary N) is 1. The molecule has 0 radical (unpaired) electrons. The summed E-state index contributed by atoms with van der Waals surface area (Å²) in [6, 6.07) is 23.7. The van der Waals surface area contributed by atoms with E-state index in [4.69, 9.17) is 25.8 Å². The lowest BCUT2D eigenvalue weighted by Gasteiger charge is -2.29. The summed E-state index contributed by atoms with van der Waals surface area (Å²) in [6.07, 6.45) is 1.34. The van der Waals surface area contributed by atoms with Crippen molar-refractivity contribution in [1.82, 2.24) is 0 Å². The summed E-state index contributed by atoms with van der Waals surface area (Å²) in [6.45, 7) is 1.89. The second-order valence-electron chi connectivity index (χ2n) is 11.4. The zero-order valence-electron chi connectivity index (χ0n) is 26.1. The first-order valence-electron chi connectivity index (χ1n) is 15.1. The molecule has 244 valence electrons. The number of aryl methyl sites for hydroxylation is 1. The number of benzene rings is 4. The summed E-state index contributed by atoms with van der Waals surface area (Å²) in [5.74, 6) is -2.13. The van der Waals surface area contributed by atoms with Gasteiger partial charge in [0.1, 0.15) is 0 Å². The number of anilines is 2. The van der Waals surface area contributed by atoms with E-state index in [1.165, 1.54) is 19.2 Å². The van der Waals surface area contributed by atoms with Crippen LogP contribution in [0.3, 0.4) is 0 Å². The molecule has 0 aromatic heterocycles. The summed E-state index contributed by atoms with van der Waals surface area (Å²) >= 11 is 6.06. The zero-order chi connectivity index (χ0) is 33.9. The summed E-state index contributed by atoms with van der Waals surface area (Å²) in [4.78, 5) is 52.8. The third kappa shape index (κ3) is 6.72. The molecule has 3 amide bonds. The fraction of sp³-hybridized carbons (Fsp3) is 0.189. The average molecular weight is 667 g/mol. The van der Waals surface area contributed by atoms with Gasteiger partial charge in [0.2, 0.25) is 6.29 Å². The third-order valence-electron chi connectivity index (χ3n) is 8.23. The molecule has 2 aliphatic rings. The number of halogens is 1. The number of methoxy groups -OCH3 is 1. The third-order valence-corrected chi connectivity index (χ3v) is 8.46. The van der Waals surface area contributed by atoms with E-state index in [1.807, 2.05) is 24.3 Å². The van der Waals surface area contributed by atoms with Crippen LogP contribution in [0.25, 0.3) is 0 Å². The zero-order valence-corrected chi connectivity index (χ0v) is 26.8. The molecule has 10 nitrogen and oxygen atoms in total. The van der Waals surface area contributed by atoms with Crippen LogP contribution in [0.2, 0.25) is 5.02 Å². The second-order valence-corrected chi connectivity index (χ2v) is 11.8. The lowest BCUT2D eigenvalue weighted by molar-refractivity contribution is -0.147. The molecular formula is C37H31ClN2O8. The number of rotatable bonds is 9. The van der Waals surface area contributed by atoms with Crippen LogP contribution >= 0.6 is 11.6 Å². The van der Waals surface area contributed by atoms with E-state index in [2.05, 4.69) is 5.32 Å². The summed E-state index contributed by atoms with van der Waals surface area (Å²) in [5, 5.41) is 12.5. The highest BCUT2D eigenvalue weighted by atomic mass is 35.5. The second kappa shape index (κ2) is 13.8. The number of nitrogens with zero attached hydrogens (tertiary/aromatic N) is 1. The smallest absolute Gasteiger partial charge is 0.337 e. The molecule has 4 aromatic carbocycles. The molecule has 2 N–H and O–H groups in total. The molecule has 0 spiro atoms. The summed E-state index contributed by atoms with van der Waals surface area (Å²) in [7, 11) is 1.32. The minimum Gasteiger partial charge on any atom is -0.465 e. The van der Waals surface area contributed by atoms with Crippen LogP contribution in [0, 0.1) is 6.92 Å².